The molecule has 0 saturated heterocycles. The predicted octanol–water partition coefficient (Wildman–Crippen LogP) is 3.01. The largest absolute Gasteiger partial charge is 0.474 e. The van der Waals surface area contributed by atoms with Crippen LogP contribution >= 0.6 is 0 Å². The molecule has 0 radical (unpaired) electrons. The third-order valence-electron chi connectivity index (χ3n) is 4.46. The molecule has 1 aromatic rings. The molecule has 140 valence electrons. The summed E-state index contributed by atoms with van der Waals surface area (Å²) in [5.41, 5.74) is 0.987. The first-order chi connectivity index (χ1) is 12.4. The van der Waals surface area contributed by atoms with Gasteiger partial charge >= 0.3 is 5.69 Å². The van der Waals surface area contributed by atoms with Crippen molar-refractivity contribution in [3.8, 4) is 0 Å². The molecule has 1 heterocycles. The van der Waals surface area contributed by atoms with E-state index in [0.717, 1.165) is 18.4 Å². The molecule has 1 N–H and O–H groups in total. The van der Waals surface area contributed by atoms with Crippen LogP contribution in [-0.2, 0) is 11.3 Å². The highest BCUT2D eigenvalue weighted by atomic mass is 16.5. The van der Waals surface area contributed by atoms with E-state index in [4.69, 9.17) is 4.74 Å². The topological polar surface area (TPSA) is 88.8 Å². The maximum atomic E-state index is 12.0. The average Bonchev–Trinajstić information content (AvgIpc) is 2.57. The van der Waals surface area contributed by atoms with Crippen LogP contribution in [0.1, 0.15) is 45.6 Å². The van der Waals surface area contributed by atoms with Crippen LogP contribution in [0.25, 0.3) is 0 Å². The lowest BCUT2D eigenvalue weighted by Crippen LogP contribution is -2.31. The molecule has 7 nitrogen and oxygen atoms in total. The maximum absolute atomic E-state index is 12.0. The highest BCUT2D eigenvalue weighted by Crippen LogP contribution is 2.22. The van der Waals surface area contributed by atoms with Crippen molar-refractivity contribution in [1.82, 2.24) is 9.55 Å². The fourth-order valence-corrected chi connectivity index (χ4v) is 2.39. The second-order valence-corrected chi connectivity index (χ2v) is 6.30. The van der Waals surface area contributed by atoms with E-state index in [0.29, 0.717) is 29.5 Å². The number of ether oxygens (including phenoxy) is 1. The molecule has 0 spiro atoms. The summed E-state index contributed by atoms with van der Waals surface area (Å²) >= 11 is 0. The van der Waals surface area contributed by atoms with E-state index in [1.165, 1.54) is 11.0 Å². The Labute approximate surface area is 152 Å². The van der Waals surface area contributed by atoms with Crippen molar-refractivity contribution >= 4 is 17.4 Å². The molecule has 0 atom stereocenters. The van der Waals surface area contributed by atoms with Gasteiger partial charge in [-0.25, -0.2) is 14.8 Å². The van der Waals surface area contributed by atoms with E-state index in [1.54, 1.807) is 19.2 Å². The van der Waals surface area contributed by atoms with Gasteiger partial charge in [0.2, 0.25) is 5.90 Å². The first-order valence-electron chi connectivity index (χ1n) is 8.80. The number of aliphatic imine (C=N–C) groups is 2. The number of nitrogens with zero attached hydrogens (tertiary/aromatic N) is 3. The number of allylic oxidation sites excluding steroid dienone is 1. The van der Waals surface area contributed by atoms with Gasteiger partial charge in [0.25, 0.3) is 5.56 Å². The summed E-state index contributed by atoms with van der Waals surface area (Å²) in [7, 11) is 0. The van der Waals surface area contributed by atoms with Crippen LogP contribution in [0.5, 0.6) is 0 Å². The molecule has 26 heavy (non-hydrogen) atoms. The van der Waals surface area contributed by atoms with E-state index in [2.05, 4.69) is 21.5 Å². The van der Waals surface area contributed by atoms with Crippen molar-refractivity contribution in [3.63, 3.8) is 0 Å². The Morgan fingerprint density at radius 2 is 2.08 bits per heavy atom. The van der Waals surface area contributed by atoms with E-state index >= 15 is 0 Å². The van der Waals surface area contributed by atoms with Crippen LogP contribution in [0, 0.1) is 6.92 Å². The van der Waals surface area contributed by atoms with Gasteiger partial charge in [0.1, 0.15) is 11.9 Å². The van der Waals surface area contributed by atoms with Gasteiger partial charge in [-0.05, 0) is 58.6 Å². The van der Waals surface area contributed by atoms with Gasteiger partial charge in [0.15, 0.2) is 0 Å². The molecular formula is C19H26N4O3. The maximum Gasteiger partial charge on any atom is 0.329 e. The van der Waals surface area contributed by atoms with Gasteiger partial charge < -0.3 is 4.74 Å². The normalized spacial score (nSPS) is 16.4. The molecule has 7 heteroatoms. The van der Waals surface area contributed by atoms with Gasteiger partial charge in [-0.3, -0.25) is 14.3 Å². The number of hydrogen-bond acceptors (Lipinski definition) is 5. The van der Waals surface area contributed by atoms with Crippen molar-refractivity contribution in [2.24, 2.45) is 9.98 Å². The number of nitrogens with one attached hydrogen (secondary N) is 1. The van der Waals surface area contributed by atoms with Crippen LogP contribution < -0.4 is 11.2 Å². The highest BCUT2D eigenvalue weighted by molar-refractivity contribution is 5.99. The zero-order valence-corrected chi connectivity index (χ0v) is 15.8. The summed E-state index contributed by atoms with van der Waals surface area (Å²) in [6, 6.07) is 0. The standard InChI is InChI=1S/C19H26N4O3/c1-6-16(26-15-9-8-10-15)20-11-12(3)14(5)21-17-13(4)18(24)22-19(25)23(17)7-2/h6,11,15H,1,7-10H2,2-5H3,(H,22,24,25)/b12-11+,20-16?,21-14?. The molecule has 1 fully saturated rings. The number of hydrogen-bond donors (Lipinski definition) is 1. The van der Waals surface area contributed by atoms with Gasteiger partial charge in [-0.2, -0.15) is 0 Å². The molecule has 1 aromatic heterocycles. The Hall–Kier alpha value is -2.70. The van der Waals surface area contributed by atoms with Gasteiger partial charge in [0.05, 0.1) is 5.56 Å². The van der Waals surface area contributed by atoms with Gasteiger partial charge in [0, 0.05) is 18.5 Å². The summed E-state index contributed by atoms with van der Waals surface area (Å²) in [4.78, 5) is 34.9. The zero-order chi connectivity index (χ0) is 19.3. The quantitative estimate of drug-likeness (QED) is 0.626. The Morgan fingerprint density at radius 3 is 2.62 bits per heavy atom. The smallest absolute Gasteiger partial charge is 0.329 e. The molecular weight excluding hydrogens is 332 g/mol. The van der Waals surface area contributed by atoms with Crippen molar-refractivity contribution in [2.75, 3.05) is 0 Å². The number of aromatic nitrogens is 2. The minimum absolute atomic E-state index is 0.230. The lowest BCUT2D eigenvalue weighted by atomic mass is 9.96. The number of H-pyrrole nitrogens is 1. The van der Waals surface area contributed by atoms with E-state index in [-0.39, 0.29) is 6.10 Å². The lowest BCUT2D eigenvalue weighted by molar-refractivity contribution is 0.110. The molecule has 0 amide bonds. The summed E-state index contributed by atoms with van der Waals surface area (Å²) in [5.74, 6) is 0.852. The van der Waals surface area contributed by atoms with Crippen LogP contribution in [0.3, 0.4) is 0 Å². The minimum atomic E-state index is -0.461. The van der Waals surface area contributed by atoms with Crippen LogP contribution in [0.4, 0.5) is 5.82 Å². The predicted molar refractivity (Wildman–Crippen MR) is 105 cm³/mol. The third kappa shape index (κ3) is 4.47. The average molecular weight is 358 g/mol. The first kappa shape index (κ1) is 19.6. The molecule has 2 rings (SSSR count). The van der Waals surface area contributed by atoms with E-state index < -0.39 is 11.2 Å². The number of rotatable bonds is 6. The summed E-state index contributed by atoms with van der Waals surface area (Å²) in [5, 5.41) is 0. The molecule has 0 aliphatic heterocycles. The Bertz CT molecular complexity index is 883. The highest BCUT2D eigenvalue weighted by Gasteiger charge is 2.19. The van der Waals surface area contributed by atoms with E-state index in [1.807, 2.05) is 20.8 Å². The Balaban J connectivity index is 2.32. The summed E-state index contributed by atoms with van der Waals surface area (Å²) < 4.78 is 7.16. The second-order valence-electron chi connectivity index (χ2n) is 6.30. The Morgan fingerprint density at radius 1 is 1.38 bits per heavy atom. The van der Waals surface area contributed by atoms with Crippen LogP contribution in [0.15, 0.2) is 44.0 Å². The Kier molecular flexibility index (Phi) is 6.49. The van der Waals surface area contributed by atoms with Crippen molar-refractivity contribution in [1.29, 1.82) is 0 Å². The van der Waals surface area contributed by atoms with Crippen LogP contribution in [-0.4, -0.2) is 27.3 Å². The molecule has 1 aliphatic carbocycles. The molecule has 1 aliphatic rings. The lowest BCUT2D eigenvalue weighted by Gasteiger charge is -2.25. The third-order valence-corrected chi connectivity index (χ3v) is 4.46. The zero-order valence-electron chi connectivity index (χ0n) is 15.8. The summed E-state index contributed by atoms with van der Waals surface area (Å²) in [6.45, 7) is 11.3. The monoisotopic (exact) mass is 358 g/mol. The molecule has 1 saturated carbocycles. The van der Waals surface area contributed by atoms with E-state index in [9.17, 15) is 9.59 Å². The number of aromatic amines is 1. The van der Waals surface area contributed by atoms with Crippen molar-refractivity contribution < 1.29 is 4.74 Å². The summed E-state index contributed by atoms with van der Waals surface area (Å²) in [6.07, 6.45) is 6.76. The van der Waals surface area contributed by atoms with Crippen LogP contribution in [0.2, 0.25) is 0 Å². The fourth-order valence-electron chi connectivity index (χ4n) is 2.39. The molecule has 0 bridgehead atoms. The van der Waals surface area contributed by atoms with Gasteiger partial charge in [-0.1, -0.05) is 6.58 Å². The molecule has 0 unspecified atom stereocenters. The molecule has 0 aromatic carbocycles. The van der Waals surface area contributed by atoms with Crippen molar-refractivity contribution in [3.05, 3.63) is 50.8 Å². The van der Waals surface area contributed by atoms with Crippen molar-refractivity contribution in [2.45, 2.75) is 59.6 Å². The first-order valence-corrected chi connectivity index (χ1v) is 8.80. The minimum Gasteiger partial charge on any atom is -0.474 e. The van der Waals surface area contributed by atoms with Gasteiger partial charge in [-0.15, -0.1) is 0 Å². The fraction of sp³-hybridized carbons (Fsp3) is 0.474. The second kappa shape index (κ2) is 8.60. The SMILES string of the molecule is C=CC(=N/C=C(\C)C(C)=Nc1c(C)c(=O)[nH]c(=O)n1CC)OC1CCC1.